The third-order valence-electron chi connectivity index (χ3n) is 4.50. The van der Waals surface area contributed by atoms with Crippen LogP contribution in [0.1, 0.15) is 17.4 Å². The molecule has 3 aromatic rings. The number of thioether (sulfide) groups is 1. The van der Waals surface area contributed by atoms with E-state index in [0.717, 1.165) is 28.2 Å². The molecule has 0 bridgehead atoms. The van der Waals surface area contributed by atoms with Crippen LogP contribution in [0.3, 0.4) is 0 Å². The van der Waals surface area contributed by atoms with Crippen LogP contribution in [0.15, 0.2) is 54.0 Å². The Labute approximate surface area is 166 Å². The highest BCUT2D eigenvalue weighted by molar-refractivity contribution is 8.00. The van der Waals surface area contributed by atoms with Gasteiger partial charge in [-0.05, 0) is 30.0 Å². The fourth-order valence-electron chi connectivity index (χ4n) is 3.22. The Morgan fingerprint density at radius 1 is 1.22 bits per heavy atom. The summed E-state index contributed by atoms with van der Waals surface area (Å²) < 4.78 is 7.08. The van der Waals surface area contributed by atoms with Crippen molar-refractivity contribution in [1.29, 1.82) is 0 Å². The van der Waals surface area contributed by atoms with Gasteiger partial charge in [-0.3, -0.25) is 4.79 Å². The first-order valence-electron chi connectivity index (χ1n) is 8.87. The van der Waals surface area contributed by atoms with E-state index < -0.39 is 0 Å². The summed E-state index contributed by atoms with van der Waals surface area (Å²) >= 11 is 3.35. The van der Waals surface area contributed by atoms with Gasteiger partial charge in [0, 0.05) is 32.0 Å². The first kappa shape index (κ1) is 18.3. The highest BCUT2D eigenvalue weighted by Crippen LogP contribution is 2.43. The molecule has 0 saturated carbocycles. The maximum atomic E-state index is 12.5. The Hall–Kier alpha value is -2.09. The summed E-state index contributed by atoms with van der Waals surface area (Å²) in [7, 11) is 1.69. The molecule has 5 nitrogen and oxygen atoms in total. The predicted molar refractivity (Wildman–Crippen MR) is 110 cm³/mol. The molecule has 27 heavy (non-hydrogen) atoms. The molecular formula is C20H21N3O2S2. The van der Waals surface area contributed by atoms with Crippen molar-refractivity contribution in [2.75, 3.05) is 26.0 Å². The van der Waals surface area contributed by atoms with Crippen LogP contribution < -0.4 is 0 Å². The largest absolute Gasteiger partial charge is 0.385 e. The van der Waals surface area contributed by atoms with Crippen molar-refractivity contribution < 1.29 is 9.53 Å². The zero-order valence-electron chi connectivity index (χ0n) is 15.1. The molecule has 1 fully saturated rings. The fourth-order valence-corrected chi connectivity index (χ4v) is 5.17. The average molecular weight is 400 g/mol. The first-order chi connectivity index (χ1) is 13.3. The lowest BCUT2D eigenvalue weighted by Gasteiger charge is -2.23. The van der Waals surface area contributed by atoms with E-state index >= 15 is 0 Å². The molecule has 3 heterocycles. The Kier molecular flexibility index (Phi) is 5.61. The van der Waals surface area contributed by atoms with Gasteiger partial charge in [-0.1, -0.05) is 24.3 Å². The van der Waals surface area contributed by atoms with E-state index in [-0.39, 0.29) is 11.3 Å². The van der Waals surface area contributed by atoms with Crippen LogP contribution in [0.5, 0.6) is 0 Å². The fraction of sp³-hybridized carbons (Fsp3) is 0.300. The smallest absolute Gasteiger partial charge is 0.233 e. The number of amides is 1. The van der Waals surface area contributed by atoms with Gasteiger partial charge in [0.25, 0.3) is 0 Å². The lowest BCUT2D eigenvalue weighted by molar-refractivity contribution is -0.128. The van der Waals surface area contributed by atoms with Crippen molar-refractivity contribution in [2.24, 2.45) is 0 Å². The van der Waals surface area contributed by atoms with E-state index in [1.54, 1.807) is 30.2 Å². The van der Waals surface area contributed by atoms with Crippen molar-refractivity contribution in [1.82, 2.24) is 14.7 Å². The standard InChI is InChI=1S/C20H21N3O2S2/c1-25-11-6-10-22-18(24)14-27-20(22)16-13-23(15-7-3-2-4-8-15)21-19(16)17-9-5-12-26-17/h2-5,7-9,12-13,20H,6,10-11,14H2,1H3/t20-/m1/s1. The van der Waals surface area contributed by atoms with Crippen molar-refractivity contribution in [3.05, 3.63) is 59.6 Å². The van der Waals surface area contributed by atoms with E-state index in [0.29, 0.717) is 18.9 Å². The molecule has 0 radical (unpaired) electrons. The number of hydrogen-bond donors (Lipinski definition) is 0. The highest BCUT2D eigenvalue weighted by Gasteiger charge is 2.35. The zero-order valence-corrected chi connectivity index (χ0v) is 16.7. The molecule has 1 aliphatic rings. The number of carbonyl (C=O) groups is 1. The summed E-state index contributed by atoms with van der Waals surface area (Å²) in [4.78, 5) is 15.6. The van der Waals surface area contributed by atoms with Crippen molar-refractivity contribution in [3.63, 3.8) is 0 Å². The molecule has 0 unspecified atom stereocenters. The second-order valence-electron chi connectivity index (χ2n) is 6.29. The van der Waals surface area contributed by atoms with Crippen LogP contribution >= 0.6 is 23.1 Å². The molecule has 1 saturated heterocycles. The number of thiophene rings is 1. The third kappa shape index (κ3) is 3.81. The lowest BCUT2D eigenvalue weighted by Crippen LogP contribution is -2.29. The summed E-state index contributed by atoms with van der Waals surface area (Å²) in [5.41, 5.74) is 3.06. The molecule has 2 aromatic heterocycles. The van der Waals surface area contributed by atoms with Crippen molar-refractivity contribution in [3.8, 4) is 16.3 Å². The Morgan fingerprint density at radius 3 is 2.81 bits per heavy atom. The van der Waals surface area contributed by atoms with Crippen LogP contribution in [-0.2, 0) is 9.53 Å². The number of benzene rings is 1. The number of methoxy groups -OCH3 is 1. The van der Waals surface area contributed by atoms with Gasteiger partial charge in [0.05, 0.1) is 16.3 Å². The Morgan fingerprint density at radius 2 is 2.07 bits per heavy atom. The van der Waals surface area contributed by atoms with Gasteiger partial charge in [-0.15, -0.1) is 23.1 Å². The molecule has 1 amide bonds. The van der Waals surface area contributed by atoms with Crippen molar-refractivity contribution >= 4 is 29.0 Å². The second-order valence-corrected chi connectivity index (χ2v) is 8.30. The van der Waals surface area contributed by atoms with E-state index in [4.69, 9.17) is 9.84 Å². The normalized spacial score (nSPS) is 17.0. The van der Waals surface area contributed by atoms with Crippen LogP contribution in [0.4, 0.5) is 0 Å². The summed E-state index contributed by atoms with van der Waals surface area (Å²) in [6, 6.07) is 14.2. The number of aromatic nitrogens is 2. The minimum Gasteiger partial charge on any atom is -0.385 e. The molecule has 140 valence electrons. The molecule has 0 aliphatic carbocycles. The van der Waals surface area contributed by atoms with Crippen LogP contribution in [0, 0.1) is 0 Å². The average Bonchev–Trinajstić information content (AvgIpc) is 3.42. The topological polar surface area (TPSA) is 47.4 Å². The Bertz CT molecular complexity index is 893. The quantitative estimate of drug-likeness (QED) is 0.559. The maximum Gasteiger partial charge on any atom is 0.233 e. The molecule has 1 aromatic carbocycles. The minimum atomic E-state index is -0.0103. The SMILES string of the molecule is COCCCN1C(=O)CS[C@@H]1c1cn(-c2ccccc2)nc1-c1cccs1. The molecule has 7 heteroatoms. The maximum absolute atomic E-state index is 12.5. The van der Waals surface area contributed by atoms with Crippen molar-refractivity contribution in [2.45, 2.75) is 11.8 Å². The number of carbonyl (C=O) groups excluding carboxylic acids is 1. The highest BCUT2D eigenvalue weighted by atomic mass is 32.2. The van der Waals surface area contributed by atoms with E-state index in [9.17, 15) is 4.79 Å². The van der Waals surface area contributed by atoms with Crippen LogP contribution in [0.25, 0.3) is 16.3 Å². The van der Waals surface area contributed by atoms with Gasteiger partial charge in [0.2, 0.25) is 5.91 Å². The van der Waals surface area contributed by atoms with E-state index in [1.165, 1.54) is 0 Å². The number of ether oxygens (including phenoxy) is 1. The number of para-hydroxylation sites is 1. The summed E-state index contributed by atoms with van der Waals surface area (Å²) in [6.45, 7) is 1.35. The zero-order chi connectivity index (χ0) is 18.6. The molecular weight excluding hydrogens is 378 g/mol. The molecule has 1 aliphatic heterocycles. The molecule has 0 N–H and O–H groups in total. The van der Waals surface area contributed by atoms with Gasteiger partial charge in [-0.2, -0.15) is 5.10 Å². The van der Waals surface area contributed by atoms with Crippen LogP contribution in [-0.4, -0.2) is 46.6 Å². The van der Waals surface area contributed by atoms with Crippen LogP contribution in [0.2, 0.25) is 0 Å². The monoisotopic (exact) mass is 399 g/mol. The summed E-state index contributed by atoms with van der Waals surface area (Å²) in [5, 5.41) is 6.92. The summed E-state index contributed by atoms with van der Waals surface area (Å²) in [6.07, 6.45) is 2.91. The van der Waals surface area contributed by atoms with Gasteiger partial charge in [0.15, 0.2) is 0 Å². The minimum absolute atomic E-state index is 0.0103. The van der Waals surface area contributed by atoms with Gasteiger partial charge in [-0.25, -0.2) is 4.68 Å². The number of rotatable bonds is 7. The molecule has 4 rings (SSSR count). The van der Waals surface area contributed by atoms with Gasteiger partial charge >= 0.3 is 0 Å². The van der Waals surface area contributed by atoms with Gasteiger partial charge < -0.3 is 9.64 Å². The molecule has 1 atom stereocenters. The third-order valence-corrected chi connectivity index (χ3v) is 6.61. The Balaban J connectivity index is 1.72. The van der Waals surface area contributed by atoms with E-state index in [2.05, 4.69) is 17.6 Å². The first-order valence-corrected chi connectivity index (χ1v) is 10.8. The molecule has 0 spiro atoms. The lowest BCUT2D eigenvalue weighted by atomic mass is 10.2. The second kappa shape index (κ2) is 8.29. The van der Waals surface area contributed by atoms with Gasteiger partial charge in [0.1, 0.15) is 11.1 Å². The number of nitrogens with zero attached hydrogens (tertiary/aromatic N) is 3. The number of hydrogen-bond acceptors (Lipinski definition) is 5. The predicted octanol–water partition coefficient (Wildman–Crippen LogP) is 4.21. The van der Waals surface area contributed by atoms with E-state index in [1.807, 2.05) is 46.0 Å². The summed E-state index contributed by atoms with van der Waals surface area (Å²) in [5.74, 6) is 0.698.